The van der Waals surface area contributed by atoms with E-state index in [1.165, 1.54) is 6.07 Å². The van der Waals surface area contributed by atoms with Crippen molar-refractivity contribution >= 4 is 15.7 Å². The zero-order valence-electron chi connectivity index (χ0n) is 10.7. The van der Waals surface area contributed by atoms with Crippen molar-refractivity contribution in [3.63, 3.8) is 0 Å². The first-order valence-electron chi connectivity index (χ1n) is 6.20. The van der Waals surface area contributed by atoms with Gasteiger partial charge in [-0.15, -0.1) is 6.58 Å². The molecule has 0 saturated heterocycles. The fourth-order valence-corrected chi connectivity index (χ4v) is 3.31. The molecule has 6 heteroatoms. The second kappa shape index (κ2) is 5.63. The zero-order chi connectivity index (χ0) is 13.9. The van der Waals surface area contributed by atoms with Crippen molar-refractivity contribution in [2.24, 2.45) is 0 Å². The van der Waals surface area contributed by atoms with Gasteiger partial charge >= 0.3 is 0 Å². The van der Waals surface area contributed by atoms with Crippen molar-refractivity contribution in [3.05, 3.63) is 30.4 Å². The number of hydrogen-bond donors (Lipinski definition) is 2. The molecule has 1 aromatic carbocycles. The Bertz CT molecular complexity index is 582. The van der Waals surface area contributed by atoms with E-state index in [0.717, 1.165) is 18.4 Å². The summed E-state index contributed by atoms with van der Waals surface area (Å²) in [5.41, 5.74) is 7.07. The molecule has 0 radical (unpaired) electrons. The van der Waals surface area contributed by atoms with E-state index in [0.29, 0.717) is 31.0 Å². The van der Waals surface area contributed by atoms with E-state index in [1.807, 2.05) is 0 Å². The Balaban J connectivity index is 2.38. The lowest BCUT2D eigenvalue weighted by molar-refractivity contribution is 0.280. The van der Waals surface area contributed by atoms with Gasteiger partial charge in [-0.05, 0) is 37.0 Å². The largest absolute Gasteiger partial charge is 0.492 e. The van der Waals surface area contributed by atoms with Crippen LogP contribution in [0.15, 0.2) is 29.7 Å². The molecule has 0 bridgehead atoms. The van der Waals surface area contributed by atoms with Crippen molar-refractivity contribution in [1.29, 1.82) is 0 Å². The van der Waals surface area contributed by atoms with Crippen LogP contribution in [0.4, 0.5) is 5.69 Å². The molecule has 0 amide bonds. The summed E-state index contributed by atoms with van der Waals surface area (Å²) in [6.45, 7) is 4.41. The highest BCUT2D eigenvalue weighted by Gasteiger charge is 2.24. The summed E-state index contributed by atoms with van der Waals surface area (Å²) in [5, 5.41) is 0. The number of rotatable bonds is 5. The van der Waals surface area contributed by atoms with Gasteiger partial charge in [0.2, 0.25) is 10.0 Å². The standard InChI is InChI=1S/C13H18N2O3S/c1-2-3-6-15-19(16,17)12-9-11(14)8-10-5-4-7-18-13(10)12/h2,8-9,15H,1,3-7,14H2. The quantitative estimate of drug-likeness (QED) is 0.486. The molecule has 5 nitrogen and oxygen atoms in total. The Kier molecular flexibility index (Phi) is 4.11. The number of benzene rings is 1. The van der Waals surface area contributed by atoms with Crippen LogP contribution in [-0.4, -0.2) is 21.6 Å². The molecule has 3 N–H and O–H groups in total. The summed E-state index contributed by atoms with van der Waals surface area (Å²) in [4.78, 5) is 0.131. The van der Waals surface area contributed by atoms with E-state index in [1.54, 1.807) is 12.1 Å². The van der Waals surface area contributed by atoms with Crippen molar-refractivity contribution in [1.82, 2.24) is 4.72 Å². The van der Waals surface area contributed by atoms with Gasteiger partial charge in [-0.2, -0.15) is 0 Å². The van der Waals surface area contributed by atoms with Crippen molar-refractivity contribution in [2.45, 2.75) is 24.2 Å². The van der Waals surface area contributed by atoms with Gasteiger partial charge in [0.05, 0.1) is 6.61 Å². The van der Waals surface area contributed by atoms with Crippen LogP contribution in [-0.2, 0) is 16.4 Å². The van der Waals surface area contributed by atoms with Crippen molar-refractivity contribution in [3.8, 4) is 5.75 Å². The van der Waals surface area contributed by atoms with Crippen LogP contribution in [0.3, 0.4) is 0 Å². The number of ether oxygens (including phenoxy) is 1. The van der Waals surface area contributed by atoms with Crippen LogP contribution in [0, 0.1) is 0 Å². The van der Waals surface area contributed by atoms with Gasteiger partial charge < -0.3 is 10.5 Å². The molecule has 19 heavy (non-hydrogen) atoms. The smallest absolute Gasteiger partial charge is 0.244 e. The number of nitrogen functional groups attached to an aromatic ring is 1. The molecule has 1 aliphatic rings. The molecule has 1 heterocycles. The summed E-state index contributed by atoms with van der Waals surface area (Å²) in [6, 6.07) is 3.22. The van der Waals surface area contributed by atoms with Gasteiger partial charge in [0, 0.05) is 12.2 Å². The van der Waals surface area contributed by atoms with Crippen LogP contribution in [0.2, 0.25) is 0 Å². The first-order chi connectivity index (χ1) is 9.04. The van der Waals surface area contributed by atoms with Gasteiger partial charge in [-0.25, -0.2) is 13.1 Å². The fourth-order valence-electron chi connectivity index (χ4n) is 2.04. The van der Waals surface area contributed by atoms with E-state index in [9.17, 15) is 8.42 Å². The van der Waals surface area contributed by atoms with E-state index >= 15 is 0 Å². The third-order valence-corrected chi connectivity index (χ3v) is 4.39. The summed E-state index contributed by atoms with van der Waals surface area (Å²) in [6.07, 6.45) is 3.90. The lowest BCUT2D eigenvalue weighted by atomic mass is 10.1. The number of sulfonamides is 1. The molecule has 2 rings (SSSR count). The van der Waals surface area contributed by atoms with Gasteiger partial charge in [0.15, 0.2) is 0 Å². The monoisotopic (exact) mass is 282 g/mol. The predicted molar refractivity (Wildman–Crippen MR) is 74.7 cm³/mol. The lowest BCUT2D eigenvalue weighted by Crippen LogP contribution is -2.26. The minimum atomic E-state index is -3.60. The van der Waals surface area contributed by atoms with E-state index < -0.39 is 10.0 Å². The minimum Gasteiger partial charge on any atom is -0.492 e. The Morgan fingerprint density at radius 3 is 3.00 bits per heavy atom. The molecule has 0 spiro atoms. The van der Waals surface area contributed by atoms with Gasteiger partial charge in [-0.3, -0.25) is 0 Å². The maximum atomic E-state index is 12.3. The molecule has 0 saturated carbocycles. The van der Waals surface area contributed by atoms with Crippen LogP contribution in [0.5, 0.6) is 5.75 Å². The molecule has 0 aliphatic carbocycles. The van der Waals surface area contributed by atoms with Gasteiger partial charge in [0.25, 0.3) is 0 Å². The SMILES string of the molecule is C=CCCNS(=O)(=O)c1cc(N)cc2c1OCCC2. The van der Waals surface area contributed by atoms with Crippen molar-refractivity contribution in [2.75, 3.05) is 18.9 Å². The van der Waals surface area contributed by atoms with Gasteiger partial charge in [-0.1, -0.05) is 6.08 Å². The third kappa shape index (κ3) is 3.08. The first-order valence-corrected chi connectivity index (χ1v) is 7.68. The number of aryl methyl sites for hydroxylation is 1. The highest BCUT2D eigenvalue weighted by molar-refractivity contribution is 7.89. The fraction of sp³-hybridized carbons (Fsp3) is 0.385. The summed E-state index contributed by atoms with van der Waals surface area (Å²) in [5.74, 6) is 0.437. The molecule has 0 aromatic heterocycles. The molecule has 1 aliphatic heterocycles. The highest BCUT2D eigenvalue weighted by Crippen LogP contribution is 2.34. The summed E-state index contributed by atoms with van der Waals surface area (Å²) in [7, 11) is -3.60. The van der Waals surface area contributed by atoms with E-state index in [-0.39, 0.29) is 4.90 Å². The number of anilines is 1. The number of nitrogens with one attached hydrogen (secondary N) is 1. The molecule has 104 valence electrons. The van der Waals surface area contributed by atoms with Crippen LogP contribution in [0.25, 0.3) is 0 Å². The Labute approximate surface area is 113 Å². The Hall–Kier alpha value is -1.53. The first kappa shape index (κ1) is 13.9. The molecule has 0 fully saturated rings. The second-order valence-corrected chi connectivity index (χ2v) is 6.17. The molecular weight excluding hydrogens is 264 g/mol. The number of fused-ring (bicyclic) bond motifs is 1. The van der Waals surface area contributed by atoms with E-state index in [4.69, 9.17) is 10.5 Å². The van der Waals surface area contributed by atoms with Gasteiger partial charge in [0.1, 0.15) is 10.6 Å². The minimum absolute atomic E-state index is 0.131. The Morgan fingerprint density at radius 2 is 2.26 bits per heavy atom. The average molecular weight is 282 g/mol. The topological polar surface area (TPSA) is 81.4 Å². The summed E-state index contributed by atoms with van der Waals surface area (Å²) < 4.78 is 32.5. The Morgan fingerprint density at radius 1 is 1.47 bits per heavy atom. The second-order valence-electron chi connectivity index (χ2n) is 4.43. The third-order valence-electron chi connectivity index (χ3n) is 2.92. The predicted octanol–water partition coefficient (Wildman–Crippen LogP) is 1.45. The van der Waals surface area contributed by atoms with Crippen LogP contribution in [0.1, 0.15) is 18.4 Å². The van der Waals surface area contributed by atoms with Crippen LogP contribution >= 0.6 is 0 Å². The normalized spacial score (nSPS) is 14.5. The number of nitrogens with two attached hydrogens (primary N) is 1. The molecule has 0 unspecified atom stereocenters. The number of hydrogen-bond acceptors (Lipinski definition) is 4. The maximum absolute atomic E-state index is 12.3. The average Bonchev–Trinajstić information content (AvgIpc) is 2.38. The molecular formula is C13H18N2O3S. The molecule has 0 atom stereocenters. The van der Waals surface area contributed by atoms with E-state index in [2.05, 4.69) is 11.3 Å². The maximum Gasteiger partial charge on any atom is 0.244 e. The summed E-state index contributed by atoms with van der Waals surface area (Å²) >= 11 is 0. The van der Waals surface area contributed by atoms with Crippen molar-refractivity contribution < 1.29 is 13.2 Å². The van der Waals surface area contributed by atoms with Crippen LogP contribution < -0.4 is 15.2 Å². The lowest BCUT2D eigenvalue weighted by Gasteiger charge is -2.21. The molecule has 1 aromatic rings. The zero-order valence-corrected chi connectivity index (χ0v) is 11.5. The highest BCUT2D eigenvalue weighted by atomic mass is 32.2.